The number of benzene rings is 2. The molecule has 0 fully saturated rings. The number of halogens is 1. The third-order valence-corrected chi connectivity index (χ3v) is 4.40. The van der Waals surface area contributed by atoms with Crippen molar-refractivity contribution in [2.45, 2.75) is 5.16 Å². The van der Waals surface area contributed by atoms with E-state index in [9.17, 15) is 9.18 Å². The molecule has 0 bridgehead atoms. The zero-order valence-electron chi connectivity index (χ0n) is 12.4. The van der Waals surface area contributed by atoms with Crippen LogP contribution in [0.5, 0.6) is 0 Å². The highest BCUT2D eigenvalue weighted by molar-refractivity contribution is 7.99. The Labute approximate surface area is 140 Å². The summed E-state index contributed by atoms with van der Waals surface area (Å²) in [4.78, 5) is 20.9. The molecule has 0 radical (unpaired) electrons. The van der Waals surface area contributed by atoms with E-state index in [0.29, 0.717) is 16.4 Å². The van der Waals surface area contributed by atoms with Crippen molar-refractivity contribution in [2.75, 3.05) is 5.75 Å². The van der Waals surface area contributed by atoms with Crippen molar-refractivity contribution >= 4 is 34.1 Å². The Morgan fingerprint density at radius 3 is 2.75 bits per heavy atom. The Kier molecular flexibility index (Phi) is 3.70. The monoisotopic (exact) mass is 338 g/mol. The maximum atomic E-state index is 12.9. The second-order valence-corrected chi connectivity index (χ2v) is 6.09. The summed E-state index contributed by atoms with van der Waals surface area (Å²) in [6.07, 6.45) is 1.61. The van der Waals surface area contributed by atoms with E-state index in [1.165, 1.54) is 36.0 Å². The number of aromatic nitrogens is 4. The second-order valence-electron chi connectivity index (χ2n) is 5.14. The van der Waals surface area contributed by atoms with E-state index in [1.807, 2.05) is 24.3 Å². The first-order valence-corrected chi connectivity index (χ1v) is 8.21. The molecule has 0 aliphatic heterocycles. The summed E-state index contributed by atoms with van der Waals surface area (Å²) in [5.41, 5.74) is 2.02. The van der Waals surface area contributed by atoms with Gasteiger partial charge in [0.05, 0.1) is 11.3 Å². The molecule has 118 valence electrons. The molecule has 0 saturated carbocycles. The van der Waals surface area contributed by atoms with E-state index in [2.05, 4.69) is 15.1 Å². The highest BCUT2D eigenvalue weighted by atomic mass is 32.2. The van der Waals surface area contributed by atoms with Crippen molar-refractivity contribution in [1.82, 2.24) is 19.6 Å². The maximum absolute atomic E-state index is 12.9. The van der Waals surface area contributed by atoms with Gasteiger partial charge in [-0.1, -0.05) is 23.9 Å². The van der Waals surface area contributed by atoms with Crippen molar-refractivity contribution < 1.29 is 9.18 Å². The zero-order chi connectivity index (χ0) is 16.5. The third kappa shape index (κ3) is 2.74. The van der Waals surface area contributed by atoms with E-state index in [4.69, 9.17) is 0 Å². The molecule has 0 spiro atoms. The lowest BCUT2D eigenvalue weighted by atomic mass is 10.1. The summed E-state index contributed by atoms with van der Waals surface area (Å²) in [6, 6.07) is 13.2. The van der Waals surface area contributed by atoms with Gasteiger partial charge in [0.1, 0.15) is 12.1 Å². The van der Waals surface area contributed by atoms with Gasteiger partial charge in [0.2, 0.25) is 5.16 Å². The summed E-state index contributed by atoms with van der Waals surface area (Å²) >= 11 is 1.25. The Bertz CT molecular complexity index is 1050. The van der Waals surface area contributed by atoms with Gasteiger partial charge in [0, 0.05) is 10.9 Å². The van der Waals surface area contributed by atoms with E-state index in [-0.39, 0.29) is 17.4 Å². The SMILES string of the molecule is O=C(CSc1nc2c3ccccc3ncn2n1)c1ccc(F)cc1. The molecule has 0 saturated heterocycles. The Balaban J connectivity index is 1.57. The average Bonchev–Trinajstić information content (AvgIpc) is 3.04. The van der Waals surface area contributed by atoms with Gasteiger partial charge >= 0.3 is 0 Å². The molecule has 0 aliphatic carbocycles. The highest BCUT2D eigenvalue weighted by Gasteiger charge is 2.12. The van der Waals surface area contributed by atoms with Gasteiger partial charge in [-0.05, 0) is 36.4 Å². The number of rotatable bonds is 4. The third-order valence-electron chi connectivity index (χ3n) is 3.56. The van der Waals surface area contributed by atoms with E-state index < -0.39 is 0 Å². The molecule has 2 aromatic carbocycles. The molecule has 0 N–H and O–H groups in total. The van der Waals surface area contributed by atoms with Crippen LogP contribution in [0.15, 0.2) is 60.0 Å². The molecule has 4 aromatic rings. The summed E-state index contributed by atoms with van der Waals surface area (Å²) in [6.45, 7) is 0. The smallest absolute Gasteiger partial charge is 0.209 e. The van der Waals surface area contributed by atoms with Crippen LogP contribution in [0, 0.1) is 5.82 Å². The molecule has 2 aromatic heterocycles. The number of Topliss-reactive ketones (excluding diaryl/α,β-unsaturated/α-hetero) is 1. The molecular formula is C17H11FN4OS. The minimum Gasteiger partial charge on any atom is -0.293 e. The number of nitrogens with zero attached hydrogens (tertiary/aromatic N) is 4. The summed E-state index contributed by atoms with van der Waals surface area (Å²) < 4.78 is 14.5. The minimum absolute atomic E-state index is 0.0955. The molecule has 0 aliphatic rings. The van der Waals surface area contributed by atoms with Crippen LogP contribution >= 0.6 is 11.8 Å². The zero-order valence-corrected chi connectivity index (χ0v) is 13.2. The predicted octanol–water partition coefficient (Wildman–Crippen LogP) is 3.39. The quantitative estimate of drug-likeness (QED) is 0.422. The van der Waals surface area contributed by atoms with Crippen LogP contribution in [0.2, 0.25) is 0 Å². The Morgan fingerprint density at radius 2 is 1.92 bits per heavy atom. The first-order chi connectivity index (χ1) is 11.7. The predicted molar refractivity (Wildman–Crippen MR) is 89.7 cm³/mol. The molecule has 0 unspecified atom stereocenters. The number of para-hydroxylation sites is 1. The number of ketones is 1. The van der Waals surface area contributed by atoms with Gasteiger partial charge in [-0.2, -0.15) is 0 Å². The van der Waals surface area contributed by atoms with Crippen molar-refractivity contribution in [2.24, 2.45) is 0 Å². The number of hydrogen-bond acceptors (Lipinski definition) is 5. The van der Waals surface area contributed by atoms with Crippen LogP contribution in [0.1, 0.15) is 10.4 Å². The standard InChI is InChI=1S/C17H11FN4OS/c18-12-7-5-11(6-8-12)15(23)9-24-17-20-16-13-3-1-2-4-14(13)19-10-22(16)21-17/h1-8,10H,9H2. The maximum Gasteiger partial charge on any atom is 0.209 e. The van der Waals surface area contributed by atoms with Gasteiger partial charge in [-0.25, -0.2) is 18.9 Å². The minimum atomic E-state index is -0.361. The summed E-state index contributed by atoms with van der Waals surface area (Å²) in [7, 11) is 0. The lowest BCUT2D eigenvalue weighted by Crippen LogP contribution is -2.02. The van der Waals surface area contributed by atoms with Crippen molar-refractivity contribution in [3.05, 3.63) is 66.2 Å². The van der Waals surface area contributed by atoms with Crippen LogP contribution in [0.4, 0.5) is 4.39 Å². The lowest BCUT2D eigenvalue weighted by Gasteiger charge is -1.98. The van der Waals surface area contributed by atoms with Crippen LogP contribution < -0.4 is 0 Å². The summed E-state index contributed by atoms with van der Waals surface area (Å²) in [5.74, 6) is -0.268. The highest BCUT2D eigenvalue weighted by Crippen LogP contribution is 2.21. The fraction of sp³-hybridized carbons (Fsp3) is 0.0588. The molecule has 4 rings (SSSR count). The second kappa shape index (κ2) is 6.01. The van der Waals surface area contributed by atoms with E-state index in [0.717, 1.165) is 10.9 Å². The van der Waals surface area contributed by atoms with Crippen LogP contribution in [0.25, 0.3) is 16.6 Å². The molecule has 5 nitrogen and oxygen atoms in total. The fourth-order valence-electron chi connectivity index (χ4n) is 2.37. The first-order valence-electron chi connectivity index (χ1n) is 7.22. The van der Waals surface area contributed by atoms with Crippen LogP contribution in [-0.2, 0) is 0 Å². The topological polar surface area (TPSA) is 60.2 Å². The van der Waals surface area contributed by atoms with Crippen LogP contribution in [0.3, 0.4) is 0 Å². The Morgan fingerprint density at radius 1 is 1.12 bits per heavy atom. The molecule has 7 heteroatoms. The number of hydrogen-bond donors (Lipinski definition) is 0. The Hall–Kier alpha value is -2.80. The molecule has 0 amide bonds. The number of thioether (sulfide) groups is 1. The van der Waals surface area contributed by atoms with Crippen LogP contribution in [-0.4, -0.2) is 31.1 Å². The number of carbonyl (C=O) groups excluding carboxylic acids is 1. The number of fused-ring (bicyclic) bond motifs is 3. The molecular weight excluding hydrogens is 327 g/mol. The van der Waals surface area contributed by atoms with E-state index >= 15 is 0 Å². The largest absolute Gasteiger partial charge is 0.293 e. The summed E-state index contributed by atoms with van der Waals surface area (Å²) in [5, 5.41) is 5.75. The molecule has 2 heterocycles. The number of carbonyl (C=O) groups is 1. The van der Waals surface area contributed by atoms with Gasteiger partial charge in [-0.3, -0.25) is 4.79 Å². The molecule has 24 heavy (non-hydrogen) atoms. The van der Waals surface area contributed by atoms with Gasteiger partial charge in [0.15, 0.2) is 11.4 Å². The average molecular weight is 338 g/mol. The van der Waals surface area contributed by atoms with Gasteiger partial charge in [-0.15, -0.1) is 5.10 Å². The lowest BCUT2D eigenvalue weighted by molar-refractivity contribution is 0.102. The van der Waals surface area contributed by atoms with Gasteiger partial charge < -0.3 is 0 Å². The van der Waals surface area contributed by atoms with Gasteiger partial charge in [0.25, 0.3) is 0 Å². The van der Waals surface area contributed by atoms with Crippen molar-refractivity contribution in [1.29, 1.82) is 0 Å². The normalized spacial score (nSPS) is 11.2. The molecule has 0 atom stereocenters. The van der Waals surface area contributed by atoms with E-state index in [1.54, 1.807) is 10.8 Å². The fourth-order valence-corrected chi connectivity index (χ4v) is 3.09. The van der Waals surface area contributed by atoms with Crippen molar-refractivity contribution in [3.63, 3.8) is 0 Å². The van der Waals surface area contributed by atoms with Crippen molar-refractivity contribution in [3.8, 4) is 0 Å². The first kappa shape index (κ1) is 14.8.